The van der Waals surface area contributed by atoms with Crippen molar-refractivity contribution in [2.75, 3.05) is 6.61 Å². The largest absolute Gasteiger partial charge is 0.478 e. The highest BCUT2D eigenvalue weighted by atomic mass is 19.1. The molecule has 4 fully saturated rings. The summed E-state index contributed by atoms with van der Waals surface area (Å²) in [5.41, 5.74) is 3.62. The van der Waals surface area contributed by atoms with E-state index in [4.69, 9.17) is 0 Å². The maximum absolute atomic E-state index is 14.8. The van der Waals surface area contributed by atoms with Crippen molar-refractivity contribution in [1.29, 1.82) is 0 Å². The summed E-state index contributed by atoms with van der Waals surface area (Å²) in [6.45, 7) is 19.5. The maximum atomic E-state index is 14.8. The van der Waals surface area contributed by atoms with Crippen LogP contribution in [0.4, 0.5) is 4.39 Å². The molecule has 9 atom stereocenters. The average Bonchev–Trinajstić information content (AvgIpc) is 3.29. The Bertz CT molecular complexity index is 1310. The lowest BCUT2D eigenvalue weighted by Crippen LogP contribution is -2.65. The van der Waals surface area contributed by atoms with Crippen molar-refractivity contribution in [2.45, 2.75) is 99.3 Å². The van der Waals surface area contributed by atoms with Gasteiger partial charge < -0.3 is 10.2 Å². The van der Waals surface area contributed by atoms with Crippen LogP contribution >= 0.6 is 0 Å². The monoisotopic (exact) mass is 562 g/mol. The topological polar surface area (TPSA) is 57.5 Å². The van der Waals surface area contributed by atoms with Crippen LogP contribution in [-0.4, -0.2) is 22.8 Å². The Balaban J connectivity index is 1.37. The van der Waals surface area contributed by atoms with E-state index >= 15 is 0 Å². The summed E-state index contributed by atoms with van der Waals surface area (Å²) in [6, 6.07) is 4.67. The number of allylic oxidation sites excluding steroid dienone is 3. The SMILES string of the molecule is C=C(C)C1CCC2(CO)CCC3(C)C(CCC4C5(C)CC=C(c6ccc(C(=O)O)c(F)c6)C(C)(C)C5CCC43C)C12. The molecule has 0 saturated heterocycles. The Hall–Kier alpha value is -1.94. The Labute approximate surface area is 246 Å². The first kappa shape index (κ1) is 29.1. The number of benzene rings is 1. The summed E-state index contributed by atoms with van der Waals surface area (Å²) >= 11 is 0. The summed E-state index contributed by atoms with van der Waals surface area (Å²) in [4.78, 5) is 11.4. The maximum Gasteiger partial charge on any atom is 0.338 e. The van der Waals surface area contributed by atoms with Gasteiger partial charge in [-0.3, -0.25) is 0 Å². The Morgan fingerprint density at radius 3 is 2.34 bits per heavy atom. The molecule has 1 aromatic carbocycles. The van der Waals surface area contributed by atoms with Gasteiger partial charge in [0.1, 0.15) is 5.82 Å². The van der Waals surface area contributed by atoms with Crippen molar-refractivity contribution >= 4 is 11.5 Å². The molecule has 224 valence electrons. The summed E-state index contributed by atoms with van der Waals surface area (Å²) < 4.78 is 14.8. The molecule has 0 aromatic heterocycles. The summed E-state index contributed by atoms with van der Waals surface area (Å²) in [5.74, 6) is 0.928. The molecule has 0 bridgehead atoms. The summed E-state index contributed by atoms with van der Waals surface area (Å²) in [5, 5.41) is 20.1. The molecule has 9 unspecified atom stereocenters. The Morgan fingerprint density at radius 2 is 1.71 bits per heavy atom. The normalized spacial score (nSPS) is 44.6. The van der Waals surface area contributed by atoms with Crippen LogP contribution in [0.3, 0.4) is 0 Å². The molecule has 1 aromatic rings. The van der Waals surface area contributed by atoms with Crippen molar-refractivity contribution in [2.24, 2.45) is 56.7 Å². The number of carboxylic acid groups (broad SMARTS) is 1. The number of carbonyl (C=O) groups is 1. The van der Waals surface area contributed by atoms with Crippen LogP contribution in [0.2, 0.25) is 0 Å². The zero-order valence-corrected chi connectivity index (χ0v) is 26.2. The fourth-order valence-corrected chi connectivity index (χ4v) is 12.5. The number of carboxylic acids is 1. The highest BCUT2D eigenvalue weighted by Gasteiger charge is 2.70. The lowest BCUT2D eigenvalue weighted by molar-refractivity contribution is -0.228. The van der Waals surface area contributed by atoms with Crippen molar-refractivity contribution in [3.05, 3.63) is 53.4 Å². The predicted octanol–water partition coefficient (Wildman–Crippen LogP) is 9.17. The molecule has 2 N–H and O–H groups in total. The second kappa shape index (κ2) is 9.28. The smallest absolute Gasteiger partial charge is 0.338 e. The van der Waals surface area contributed by atoms with Crippen molar-refractivity contribution < 1.29 is 19.4 Å². The minimum absolute atomic E-state index is 0.0774. The van der Waals surface area contributed by atoms with E-state index in [9.17, 15) is 19.4 Å². The quantitative estimate of drug-likeness (QED) is 0.360. The number of hydrogen-bond acceptors (Lipinski definition) is 2. The number of fused-ring (bicyclic) bond motifs is 7. The van der Waals surface area contributed by atoms with Gasteiger partial charge in [-0.1, -0.05) is 58.9 Å². The molecule has 6 rings (SSSR count). The third-order valence-corrected chi connectivity index (χ3v) is 14.6. The first-order chi connectivity index (χ1) is 19.2. The number of halogens is 1. The minimum Gasteiger partial charge on any atom is -0.478 e. The van der Waals surface area contributed by atoms with Crippen LogP contribution < -0.4 is 0 Å². The summed E-state index contributed by atoms with van der Waals surface area (Å²) in [6.07, 6.45) is 12.9. The molecule has 5 aliphatic carbocycles. The van der Waals surface area contributed by atoms with E-state index < -0.39 is 11.8 Å². The number of aliphatic hydroxyl groups is 1. The molecule has 4 heteroatoms. The zero-order valence-electron chi connectivity index (χ0n) is 26.2. The summed E-state index contributed by atoms with van der Waals surface area (Å²) in [7, 11) is 0. The van der Waals surface area contributed by atoms with Crippen LogP contribution in [0, 0.1) is 62.5 Å². The van der Waals surface area contributed by atoms with Gasteiger partial charge in [0.25, 0.3) is 0 Å². The molecule has 0 aliphatic heterocycles. The highest BCUT2D eigenvalue weighted by molar-refractivity contribution is 5.88. The van der Waals surface area contributed by atoms with E-state index in [-0.39, 0.29) is 32.6 Å². The van der Waals surface area contributed by atoms with Crippen molar-refractivity contribution in [3.8, 4) is 0 Å². The van der Waals surface area contributed by atoms with Gasteiger partial charge in [-0.25, -0.2) is 9.18 Å². The minimum atomic E-state index is -1.22. The van der Waals surface area contributed by atoms with Crippen LogP contribution in [0.5, 0.6) is 0 Å². The molecule has 4 saturated carbocycles. The number of aromatic carboxylic acids is 1. The fraction of sp³-hybridized carbons (Fsp3) is 0.703. The molecule has 0 radical (unpaired) electrons. The van der Waals surface area contributed by atoms with Gasteiger partial charge in [0.05, 0.1) is 5.56 Å². The lowest BCUT2D eigenvalue weighted by Gasteiger charge is -2.72. The first-order valence-corrected chi connectivity index (χ1v) is 16.2. The molecular weight excluding hydrogens is 511 g/mol. The van der Waals surface area contributed by atoms with Gasteiger partial charge >= 0.3 is 5.97 Å². The van der Waals surface area contributed by atoms with Gasteiger partial charge in [0, 0.05) is 6.61 Å². The molecular formula is C37H51FO3. The predicted molar refractivity (Wildman–Crippen MR) is 163 cm³/mol. The van der Waals surface area contributed by atoms with E-state index in [1.165, 1.54) is 55.4 Å². The molecule has 5 aliphatic rings. The number of aliphatic hydroxyl groups excluding tert-OH is 1. The second-order valence-corrected chi connectivity index (χ2v) is 16.2. The molecule has 0 heterocycles. The Morgan fingerprint density at radius 1 is 0.976 bits per heavy atom. The Kier molecular flexibility index (Phi) is 6.60. The van der Waals surface area contributed by atoms with Crippen LogP contribution in [-0.2, 0) is 0 Å². The second-order valence-electron chi connectivity index (χ2n) is 16.2. The third kappa shape index (κ3) is 3.74. The highest BCUT2D eigenvalue weighted by Crippen LogP contribution is 2.77. The fourth-order valence-electron chi connectivity index (χ4n) is 12.5. The standard InChI is InChI=1S/C37H51FO3/c1-22(2)24-12-17-37(21-39)19-18-35(6)27(31(24)37)10-11-30-34(5)15-13-26(23-8-9-25(32(40)41)28(38)20-23)33(3,4)29(34)14-16-36(30,35)7/h8-9,13,20,24,27,29-31,39H,1,10-12,14-19,21H2,2-7H3,(H,40,41). The van der Waals surface area contributed by atoms with Gasteiger partial charge in [-0.15, -0.1) is 0 Å². The molecule has 0 spiro atoms. The molecule has 3 nitrogen and oxygen atoms in total. The van der Waals surface area contributed by atoms with Gasteiger partial charge in [-0.05, 0) is 145 Å². The van der Waals surface area contributed by atoms with E-state index in [0.717, 1.165) is 31.2 Å². The van der Waals surface area contributed by atoms with Crippen LogP contribution in [0.15, 0.2) is 36.4 Å². The number of hydrogen-bond donors (Lipinski definition) is 2. The van der Waals surface area contributed by atoms with E-state index in [2.05, 4.69) is 54.2 Å². The van der Waals surface area contributed by atoms with Gasteiger partial charge in [0.15, 0.2) is 0 Å². The van der Waals surface area contributed by atoms with E-state index in [0.29, 0.717) is 36.2 Å². The first-order valence-electron chi connectivity index (χ1n) is 16.2. The molecule has 0 amide bonds. The van der Waals surface area contributed by atoms with Gasteiger partial charge in [-0.2, -0.15) is 0 Å². The zero-order chi connectivity index (χ0) is 29.8. The number of rotatable bonds is 4. The van der Waals surface area contributed by atoms with Crippen LogP contribution in [0.25, 0.3) is 5.57 Å². The average molecular weight is 563 g/mol. The van der Waals surface area contributed by atoms with Gasteiger partial charge in [0.2, 0.25) is 0 Å². The lowest BCUT2D eigenvalue weighted by atomic mass is 9.32. The van der Waals surface area contributed by atoms with E-state index in [1.807, 2.05) is 0 Å². The third-order valence-electron chi connectivity index (χ3n) is 14.6. The van der Waals surface area contributed by atoms with Crippen molar-refractivity contribution in [1.82, 2.24) is 0 Å². The molecule has 41 heavy (non-hydrogen) atoms. The van der Waals surface area contributed by atoms with E-state index in [1.54, 1.807) is 6.07 Å². The van der Waals surface area contributed by atoms with Crippen LogP contribution in [0.1, 0.15) is 115 Å². The van der Waals surface area contributed by atoms with Crippen molar-refractivity contribution in [3.63, 3.8) is 0 Å².